The average Bonchev–Trinajstić information content (AvgIpc) is 2.96. The Balaban J connectivity index is 1.70. The van der Waals surface area contributed by atoms with E-state index in [4.69, 9.17) is 9.72 Å². The zero-order valence-electron chi connectivity index (χ0n) is 12.6. The molecule has 2 aromatic carbocycles. The van der Waals surface area contributed by atoms with Crippen molar-refractivity contribution in [1.29, 1.82) is 0 Å². The number of aromatic nitrogens is 1. The summed E-state index contributed by atoms with van der Waals surface area (Å²) in [5, 5.41) is 1.17. The van der Waals surface area contributed by atoms with Crippen molar-refractivity contribution in [3.8, 4) is 5.75 Å². The number of fused-ring (bicyclic) bond motifs is 2. The quantitative estimate of drug-likeness (QED) is 0.723. The summed E-state index contributed by atoms with van der Waals surface area (Å²) in [6, 6.07) is 14.7. The van der Waals surface area contributed by atoms with Crippen LogP contribution in [0.2, 0.25) is 0 Å². The Morgan fingerprint density at radius 3 is 2.95 bits per heavy atom. The highest BCUT2D eigenvalue weighted by atomic mass is 32.1. The van der Waals surface area contributed by atoms with Crippen molar-refractivity contribution in [2.24, 2.45) is 0 Å². The van der Waals surface area contributed by atoms with Gasteiger partial charge in [-0.2, -0.15) is 0 Å². The van der Waals surface area contributed by atoms with E-state index >= 15 is 0 Å². The van der Waals surface area contributed by atoms with Crippen molar-refractivity contribution in [1.82, 2.24) is 4.98 Å². The van der Waals surface area contributed by atoms with Gasteiger partial charge in [-0.3, -0.25) is 0 Å². The number of ether oxygens (including phenoxy) is 1. The van der Waals surface area contributed by atoms with Crippen molar-refractivity contribution in [2.45, 2.75) is 19.4 Å². The number of thiazole rings is 1. The summed E-state index contributed by atoms with van der Waals surface area (Å²) >= 11 is 1.79. The molecule has 2 heterocycles. The molecule has 0 saturated carbocycles. The molecule has 22 heavy (non-hydrogen) atoms. The maximum atomic E-state index is 5.58. The molecule has 0 N–H and O–H groups in total. The van der Waals surface area contributed by atoms with Crippen LogP contribution in [0.3, 0.4) is 0 Å². The standard InChI is InChI=1S/C18H18N2OS/c1-21-15-9-4-6-13-7-5-11-20(18(13)15)12-17-19-14-8-2-3-10-16(14)22-17/h2-4,6,8-10H,5,7,11-12H2,1H3. The van der Waals surface area contributed by atoms with Gasteiger partial charge in [-0.25, -0.2) is 4.98 Å². The molecule has 3 aromatic rings. The maximum absolute atomic E-state index is 5.58. The van der Waals surface area contributed by atoms with E-state index < -0.39 is 0 Å². The average molecular weight is 310 g/mol. The predicted molar refractivity (Wildman–Crippen MR) is 92.0 cm³/mol. The molecule has 1 aromatic heterocycles. The number of hydrogen-bond donors (Lipinski definition) is 0. The first kappa shape index (κ1) is 13.6. The molecule has 0 radical (unpaired) electrons. The molecule has 3 nitrogen and oxygen atoms in total. The monoisotopic (exact) mass is 310 g/mol. The van der Waals surface area contributed by atoms with E-state index in [9.17, 15) is 0 Å². The van der Waals surface area contributed by atoms with Gasteiger partial charge in [-0.15, -0.1) is 11.3 Å². The van der Waals surface area contributed by atoms with Gasteiger partial charge in [-0.1, -0.05) is 24.3 Å². The molecular formula is C18H18N2OS. The first-order chi connectivity index (χ1) is 10.8. The lowest BCUT2D eigenvalue weighted by molar-refractivity contribution is 0.412. The molecule has 0 unspecified atom stereocenters. The van der Waals surface area contributed by atoms with Crippen molar-refractivity contribution in [2.75, 3.05) is 18.6 Å². The molecule has 0 saturated heterocycles. The molecular weight excluding hydrogens is 292 g/mol. The third-order valence-corrected chi connectivity index (χ3v) is 5.18. The number of methoxy groups -OCH3 is 1. The zero-order valence-corrected chi connectivity index (χ0v) is 13.4. The molecule has 0 spiro atoms. The third kappa shape index (κ3) is 2.33. The minimum Gasteiger partial charge on any atom is -0.495 e. The van der Waals surface area contributed by atoms with Crippen LogP contribution in [-0.2, 0) is 13.0 Å². The van der Waals surface area contributed by atoms with E-state index in [1.54, 1.807) is 18.4 Å². The van der Waals surface area contributed by atoms with Crippen LogP contribution in [0.15, 0.2) is 42.5 Å². The fourth-order valence-corrected chi connectivity index (χ4v) is 4.16. The number of aryl methyl sites for hydroxylation is 1. The van der Waals surface area contributed by atoms with Crippen molar-refractivity contribution < 1.29 is 4.74 Å². The van der Waals surface area contributed by atoms with Gasteiger partial charge >= 0.3 is 0 Å². The Hall–Kier alpha value is -2.07. The minimum absolute atomic E-state index is 0.854. The summed E-state index contributed by atoms with van der Waals surface area (Å²) in [6.07, 6.45) is 2.31. The second-order valence-electron chi connectivity index (χ2n) is 5.57. The van der Waals surface area contributed by atoms with Crippen LogP contribution in [0.5, 0.6) is 5.75 Å². The van der Waals surface area contributed by atoms with E-state index in [1.165, 1.54) is 27.4 Å². The molecule has 0 aliphatic carbocycles. The summed E-state index contributed by atoms with van der Waals surface area (Å²) in [7, 11) is 1.75. The molecule has 0 atom stereocenters. The summed E-state index contributed by atoms with van der Waals surface area (Å²) in [4.78, 5) is 7.18. The van der Waals surface area contributed by atoms with Gasteiger partial charge in [-0.05, 0) is 36.6 Å². The second-order valence-corrected chi connectivity index (χ2v) is 6.68. The number of anilines is 1. The number of benzene rings is 2. The molecule has 0 bridgehead atoms. The van der Waals surface area contributed by atoms with Crippen LogP contribution in [0, 0.1) is 0 Å². The third-order valence-electron chi connectivity index (χ3n) is 4.16. The largest absolute Gasteiger partial charge is 0.495 e. The highest BCUT2D eigenvalue weighted by Crippen LogP contribution is 2.37. The summed E-state index contributed by atoms with van der Waals surface area (Å²) in [6.45, 7) is 1.91. The van der Waals surface area contributed by atoms with Crippen molar-refractivity contribution in [3.05, 3.63) is 53.0 Å². The predicted octanol–water partition coefficient (Wildman–Crippen LogP) is 4.26. The van der Waals surface area contributed by atoms with E-state index in [0.29, 0.717) is 0 Å². The Morgan fingerprint density at radius 1 is 1.18 bits per heavy atom. The highest BCUT2D eigenvalue weighted by Gasteiger charge is 2.21. The van der Waals surface area contributed by atoms with Crippen LogP contribution in [0.1, 0.15) is 17.0 Å². The second kappa shape index (κ2) is 5.61. The molecule has 4 heteroatoms. The minimum atomic E-state index is 0.854. The van der Waals surface area contributed by atoms with Gasteiger partial charge in [0.15, 0.2) is 0 Å². The van der Waals surface area contributed by atoms with E-state index in [1.807, 2.05) is 6.07 Å². The van der Waals surface area contributed by atoms with Gasteiger partial charge in [0.05, 0.1) is 29.6 Å². The van der Waals surface area contributed by atoms with Crippen LogP contribution in [-0.4, -0.2) is 18.6 Å². The van der Waals surface area contributed by atoms with Gasteiger partial charge in [0.1, 0.15) is 10.8 Å². The van der Waals surface area contributed by atoms with Gasteiger partial charge < -0.3 is 9.64 Å². The maximum Gasteiger partial charge on any atom is 0.142 e. The number of para-hydroxylation sites is 2. The first-order valence-corrected chi connectivity index (χ1v) is 8.42. The van der Waals surface area contributed by atoms with Crippen LogP contribution >= 0.6 is 11.3 Å². The highest BCUT2D eigenvalue weighted by molar-refractivity contribution is 7.18. The van der Waals surface area contributed by atoms with Gasteiger partial charge in [0.25, 0.3) is 0 Å². The first-order valence-electron chi connectivity index (χ1n) is 7.60. The Labute approximate surface area is 134 Å². The number of rotatable bonds is 3. The smallest absolute Gasteiger partial charge is 0.142 e. The fourth-order valence-electron chi connectivity index (χ4n) is 3.17. The lowest BCUT2D eigenvalue weighted by Crippen LogP contribution is -2.29. The number of nitrogens with zero attached hydrogens (tertiary/aromatic N) is 2. The van der Waals surface area contributed by atoms with Crippen LogP contribution < -0.4 is 9.64 Å². The normalized spacial score (nSPS) is 14.1. The Morgan fingerprint density at radius 2 is 2.09 bits per heavy atom. The molecule has 112 valence electrons. The van der Waals surface area contributed by atoms with E-state index in [0.717, 1.165) is 30.8 Å². The van der Waals surface area contributed by atoms with E-state index in [-0.39, 0.29) is 0 Å². The fraction of sp³-hybridized carbons (Fsp3) is 0.278. The van der Waals surface area contributed by atoms with Gasteiger partial charge in [0.2, 0.25) is 0 Å². The summed E-state index contributed by atoms with van der Waals surface area (Å²) < 4.78 is 6.84. The molecule has 1 aliphatic heterocycles. The lowest BCUT2D eigenvalue weighted by Gasteiger charge is -2.31. The Bertz CT molecular complexity index is 764. The number of hydrogen-bond acceptors (Lipinski definition) is 4. The lowest BCUT2D eigenvalue weighted by atomic mass is 10.0. The van der Waals surface area contributed by atoms with Gasteiger partial charge in [0, 0.05) is 6.54 Å². The van der Waals surface area contributed by atoms with E-state index in [2.05, 4.69) is 41.3 Å². The molecule has 1 aliphatic rings. The van der Waals surface area contributed by atoms with Crippen molar-refractivity contribution in [3.63, 3.8) is 0 Å². The van der Waals surface area contributed by atoms with Crippen molar-refractivity contribution >= 4 is 27.2 Å². The summed E-state index contributed by atoms with van der Waals surface area (Å²) in [5.41, 5.74) is 3.72. The molecule has 4 rings (SSSR count). The van der Waals surface area contributed by atoms with Crippen LogP contribution in [0.25, 0.3) is 10.2 Å². The van der Waals surface area contributed by atoms with Crippen LogP contribution in [0.4, 0.5) is 5.69 Å². The molecule has 0 amide bonds. The SMILES string of the molecule is COc1cccc2c1N(Cc1nc3ccccc3s1)CCC2. The molecule has 0 fully saturated rings. The zero-order chi connectivity index (χ0) is 14.9. The topological polar surface area (TPSA) is 25.4 Å². The summed E-state index contributed by atoms with van der Waals surface area (Å²) in [5.74, 6) is 0.971. The Kier molecular flexibility index (Phi) is 3.47.